The Bertz CT molecular complexity index is 287. The van der Waals surface area contributed by atoms with Crippen LogP contribution in [0, 0.1) is 0 Å². The van der Waals surface area contributed by atoms with Crippen molar-refractivity contribution in [1.82, 2.24) is 10.6 Å². The summed E-state index contributed by atoms with van der Waals surface area (Å²) in [6.07, 6.45) is 3.09. The Hall–Kier alpha value is -0.420. The highest BCUT2D eigenvalue weighted by Gasteiger charge is 2.26. The molecule has 0 heterocycles. The van der Waals surface area contributed by atoms with Gasteiger partial charge in [-0.1, -0.05) is 6.92 Å². The van der Waals surface area contributed by atoms with Crippen LogP contribution in [0.3, 0.4) is 0 Å². The molecule has 0 radical (unpaired) electrons. The number of halogens is 1. The third kappa shape index (κ3) is 5.17. The molecule has 1 saturated carbocycles. The highest BCUT2D eigenvalue weighted by Crippen LogP contribution is 2.29. The molecule has 1 aliphatic rings. The van der Waals surface area contributed by atoms with Gasteiger partial charge in [0.15, 0.2) is 0 Å². The van der Waals surface area contributed by atoms with E-state index in [0.29, 0.717) is 5.25 Å². The third-order valence-corrected chi connectivity index (χ3v) is 4.15. The quantitative estimate of drug-likeness (QED) is 0.775. The van der Waals surface area contributed by atoms with E-state index < -0.39 is 17.3 Å². The van der Waals surface area contributed by atoms with E-state index in [1.807, 2.05) is 11.8 Å². The molecule has 17 heavy (non-hydrogen) atoms. The highest BCUT2D eigenvalue weighted by atomic mass is 35.5. The molecule has 1 fully saturated rings. The molecule has 3 amide bonds. The summed E-state index contributed by atoms with van der Waals surface area (Å²) in [6.45, 7) is 3.67. The number of hydrogen-bond donors (Lipinski definition) is 2. The first kappa shape index (κ1) is 14.6. The summed E-state index contributed by atoms with van der Waals surface area (Å²) in [7, 11) is 0. The summed E-state index contributed by atoms with van der Waals surface area (Å²) in [4.78, 5) is 22.7. The van der Waals surface area contributed by atoms with Crippen molar-refractivity contribution in [3.8, 4) is 0 Å². The van der Waals surface area contributed by atoms with E-state index in [1.165, 1.54) is 6.92 Å². The minimum atomic E-state index is -0.687. The lowest BCUT2D eigenvalue weighted by atomic mass is 10.2. The van der Waals surface area contributed by atoms with Crippen molar-refractivity contribution in [3.05, 3.63) is 0 Å². The van der Waals surface area contributed by atoms with Crippen LogP contribution in [0.2, 0.25) is 0 Å². The number of thioether (sulfide) groups is 1. The van der Waals surface area contributed by atoms with Crippen molar-refractivity contribution in [2.24, 2.45) is 0 Å². The van der Waals surface area contributed by atoms with Crippen molar-refractivity contribution in [3.63, 3.8) is 0 Å². The minimum Gasteiger partial charge on any atom is -0.335 e. The van der Waals surface area contributed by atoms with Crippen molar-refractivity contribution in [2.45, 2.75) is 49.8 Å². The monoisotopic (exact) mass is 278 g/mol. The molecule has 3 atom stereocenters. The Labute approximate surface area is 111 Å². The normalized spacial score (nSPS) is 25.4. The van der Waals surface area contributed by atoms with E-state index >= 15 is 0 Å². The van der Waals surface area contributed by atoms with Gasteiger partial charge in [0.2, 0.25) is 5.91 Å². The van der Waals surface area contributed by atoms with Crippen LogP contribution >= 0.6 is 23.4 Å². The largest absolute Gasteiger partial charge is 0.335 e. The van der Waals surface area contributed by atoms with E-state index in [2.05, 4.69) is 17.6 Å². The van der Waals surface area contributed by atoms with Crippen molar-refractivity contribution < 1.29 is 9.59 Å². The molecule has 4 nitrogen and oxygen atoms in total. The summed E-state index contributed by atoms with van der Waals surface area (Å²) in [5.74, 6) is 0.646. The van der Waals surface area contributed by atoms with Gasteiger partial charge >= 0.3 is 6.03 Å². The number of rotatable bonds is 4. The SMILES string of the molecule is CCSC1CCC(NC(=O)NC(=O)C(C)Cl)C1. The van der Waals surface area contributed by atoms with E-state index in [4.69, 9.17) is 11.6 Å². The van der Waals surface area contributed by atoms with Gasteiger partial charge in [-0.25, -0.2) is 4.79 Å². The summed E-state index contributed by atoms with van der Waals surface area (Å²) >= 11 is 7.49. The van der Waals surface area contributed by atoms with Crippen LogP contribution < -0.4 is 10.6 Å². The van der Waals surface area contributed by atoms with Crippen LogP contribution in [0.4, 0.5) is 4.79 Å². The maximum Gasteiger partial charge on any atom is 0.321 e. The number of carbonyl (C=O) groups is 2. The molecule has 1 aliphatic carbocycles. The molecule has 0 spiro atoms. The summed E-state index contributed by atoms with van der Waals surface area (Å²) in [5.41, 5.74) is 0. The van der Waals surface area contributed by atoms with Gasteiger partial charge in [0.05, 0.1) is 0 Å². The fourth-order valence-corrected chi connectivity index (χ4v) is 3.09. The van der Waals surface area contributed by atoms with Gasteiger partial charge in [-0.2, -0.15) is 11.8 Å². The molecule has 6 heteroatoms. The Morgan fingerprint density at radius 1 is 1.47 bits per heavy atom. The van der Waals surface area contributed by atoms with E-state index in [1.54, 1.807) is 0 Å². The Morgan fingerprint density at radius 3 is 2.76 bits per heavy atom. The highest BCUT2D eigenvalue weighted by molar-refractivity contribution is 7.99. The average molecular weight is 279 g/mol. The average Bonchev–Trinajstić information content (AvgIpc) is 2.65. The number of alkyl halides is 1. The van der Waals surface area contributed by atoms with Crippen molar-refractivity contribution in [2.75, 3.05) is 5.75 Å². The van der Waals surface area contributed by atoms with Crippen LogP contribution in [-0.2, 0) is 4.79 Å². The summed E-state index contributed by atoms with van der Waals surface area (Å²) in [6, 6.07) is -0.257. The lowest BCUT2D eigenvalue weighted by Gasteiger charge is -2.13. The number of hydrogen-bond acceptors (Lipinski definition) is 3. The lowest BCUT2D eigenvalue weighted by molar-refractivity contribution is -0.119. The van der Waals surface area contributed by atoms with Crippen LogP contribution in [-0.4, -0.2) is 34.4 Å². The molecule has 3 unspecified atom stereocenters. The number of nitrogens with one attached hydrogen (secondary N) is 2. The molecule has 0 bridgehead atoms. The van der Waals surface area contributed by atoms with Crippen molar-refractivity contribution >= 4 is 35.3 Å². The minimum absolute atomic E-state index is 0.178. The number of imide groups is 1. The molecule has 98 valence electrons. The fourth-order valence-electron chi connectivity index (χ4n) is 1.89. The molecule has 1 rings (SSSR count). The molecule has 0 aromatic carbocycles. The maximum absolute atomic E-state index is 11.5. The molecule has 0 aromatic heterocycles. The zero-order chi connectivity index (χ0) is 12.8. The van der Waals surface area contributed by atoms with Gasteiger partial charge in [-0.05, 0) is 31.9 Å². The zero-order valence-electron chi connectivity index (χ0n) is 10.2. The Morgan fingerprint density at radius 2 is 2.18 bits per heavy atom. The summed E-state index contributed by atoms with van der Waals surface area (Å²) in [5, 5.41) is 4.98. The molecule has 0 aromatic rings. The van der Waals surface area contributed by atoms with Gasteiger partial charge < -0.3 is 5.32 Å². The second-order valence-corrected chi connectivity index (χ2v) is 6.40. The first-order valence-corrected chi connectivity index (χ1v) is 7.38. The van der Waals surface area contributed by atoms with E-state index in [-0.39, 0.29) is 6.04 Å². The third-order valence-electron chi connectivity index (χ3n) is 2.72. The lowest BCUT2D eigenvalue weighted by Crippen LogP contribution is -2.45. The second kappa shape index (κ2) is 7.11. The van der Waals surface area contributed by atoms with Crippen LogP contribution in [0.1, 0.15) is 33.1 Å². The molecule has 0 aliphatic heterocycles. The van der Waals surface area contributed by atoms with Crippen LogP contribution in [0.5, 0.6) is 0 Å². The van der Waals surface area contributed by atoms with Crippen LogP contribution in [0.25, 0.3) is 0 Å². The van der Waals surface area contributed by atoms with Crippen LogP contribution in [0.15, 0.2) is 0 Å². The second-order valence-electron chi connectivity index (χ2n) is 4.17. The zero-order valence-corrected chi connectivity index (χ0v) is 11.7. The smallest absolute Gasteiger partial charge is 0.321 e. The first-order chi connectivity index (χ1) is 8.02. The Balaban J connectivity index is 2.26. The number of urea groups is 1. The first-order valence-electron chi connectivity index (χ1n) is 5.90. The number of amides is 3. The fraction of sp³-hybridized carbons (Fsp3) is 0.818. The van der Waals surface area contributed by atoms with Crippen molar-refractivity contribution in [1.29, 1.82) is 0 Å². The topological polar surface area (TPSA) is 58.2 Å². The molecule has 2 N–H and O–H groups in total. The maximum atomic E-state index is 11.5. The van der Waals surface area contributed by atoms with Gasteiger partial charge in [0.25, 0.3) is 0 Å². The predicted molar refractivity (Wildman–Crippen MR) is 71.5 cm³/mol. The Kier molecular flexibility index (Phi) is 6.12. The van der Waals surface area contributed by atoms with Gasteiger partial charge in [0, 0.05) is 11.3 Å². The molecule has 0 saturated heterocycles. The van der Waals surface area contributed by atoms with Gasteiger partial charge in [-0.15, -0.1) is 11.6 Å². The summed E-state index contributed by atoms with van der Waals surface area (Å²) < 4.78 is 0. The predicted octanol–water partition coefficient (Wildman–Crippen LogP) is 2.11. The molecular weight excluding hydrogens is 260 g/mol. The van der Waals surface area contributed by atoms with E-state index in [9.17, 15) is 9.59 Å². The van der Waals surface area contributed by atoms with Gasteiger partial charge in [0.1, 0.15) is 5.38 Å². The number of carbonyl (C=O) groups excluding carboxylic acids is 2. The van der Waals surface area contributed by atoms with E-state index in [0.717, 1.165) is 25.0 Å². The molecular formula is C11H19ClN2O2S. The van der Waals surface area contributed by atoms with Gasteiger partial charge in [-0.3, -0.25) is 10.1 Å². The standard InChI is InChI=1S/C11H19ClN2O2S/c1-3-17-9-5-4-8(6-9)13-11(16)14-10(15)7(2)12/h7-9H,3-6H2,1-2H3,(H2,13,14,15,16).